The molecule has 1 atom stereocenters. The minimum atomic E-state index is -0.129. The molecule has 0 aromatic heterocycles. The van der Waals surface area contributed by atoms with Gasteiger partial charge in [-0.25, -0.2) is 0 Å². The summed E-state index contributed by atoms with van der Waals surface area (Å²) in [4.78, 5) is 18.4. The lowest BCUT2D eigenvalue weighted by atomic mass is 10.2. The van der Waals surface area contributed by atoms with Gasteiger partial charge in [0.25, 0.3) is 0 Å². The van der Waals surface area contributed by atoms with Gasteiger partial charge in [-0.2, -0.15) is 0 Å². The second-order valence-electron chi connectivity index (χ2n) is 6.26. The van der Waals surface area contributed by atoms with Crippen molar-refractivity contribution in [2.45, 2.75) is 17.9 Å². The van der Waals surface area contributed by atoms with Crippen LogP contribution >= 0.6 is 11.8 Å². The standard InChI is InChI=1S/C20H25N3OS/c1-16(20(24)21-17-7-6-10-19(15-17)25-2)22-11-13-23(14-12-22)18-8-4-3-5-9-18/h3-10,15-16H,11-14H2,1-2H3,(H,21,24)/t16-/m1/s1. The third kappa shape index (κ3) is 4.55. The molecule has 0 unspecified atom stereocenters. The van der Waals surface area contributed by atoms with Crippen LogP contribution < -0.4 is 10.2 Å². The van der Waals surface area contributed by atoms with Crippen LogP contribution in [-0.4, -0.2) is 49.3 Å². The van der Waals surface area contributed by atoms with Gasteiger partial charge in [0.05, 0.1) is 6.04 Å². The first-order valence-electron chi connectivity index (χ1n) is 8.66. The molecule has 3 rings (SSSR count). The van der Waals surface area contributed by atoms with Crippen LogP contribution in [0.1, 0.15) is 6.92 Å². The van der Waals surface area contributed by atoms with E-state index in [9.17, 15) is 4.79 Å². The van der Waals surface area contributed by atoms with Crippen molar-refractivity contribution in [2.24, 2.45) is 0 Å². The summed E-state index contributed by atoms with van der Waals surface area (Å²) in [5, 5.41) is 3.05. The Hall–Kier alpha value is -1.98. The summed E-state index contributed by atoms with van der Waals surface area (Å²) in [7, 11) is 0. The largest absolute Gasteiger partial charge is 0.369 e. The van der Waals surface area contributed by atoms with Crippen molar-refractivity contribution in [3.05, 3.63) is 54.6 Å². The highest BCUT2D eigenvalue weighted by molar-refractivity contribution is 7.98. The Labute approximate surface area is 154 Å². The number of rotatable bonds is 5. The van der Waals surface area contributed by atoms with Gasteiger partial charge < -0.3 is 10.2 Å². The van der Waals surface area contributed by atoms with Crippen LogP contribution in [-0.2, 0) is 4.79 Å². The Morgan fingerprint density at radius 1 is 1.04 bits per heavy atom. The van der Waals surface area contributed by atoms with Crippen molar-refractivity contribution in [3.63, 3.8) is 0 Å². The number of hydrogen-bond acceptors (Lipinski definition) is 4. The third-order valence-electron chi connectivity index (χ3n) is 4.70. The number of anilines is 2. The molecule has 1 aliphatic heterocycles. The fourth-order valence-electron chi connectivity index (χ4n) is 3.12. The van der Waals surface area contributed by atoms with Crippen LogP contribution in [0.5, 0.6) is 0 Å². The average Bonchev–Trinajstić information content (AvgIpc) is 2.68. The first-order valence-corrected chi connectivity index (χ1v) is 9.89. The van der Waals surface area contributed by atoms with Crippen molar-refractivity contribution in [1.82, 2.24) is 4.90 Å². The zero-order valence-corrected chi connectivity index (χ0v) is 15.6. The lowest BCUT2D eigenvalue weighted by Gasteiger charge is -2.38. The summed E-state index contributed by atoms with van der Waals surface area (Å²) in [6, 6.07) is 18.3. The molecule has 1 amide bonds. The normalized spacial score (nSPS) is 16.5. The Balaban J connectivity index is 1.54. The molecule has 4 nitrogen and oxygen atoms in total. The molecule has 1 fully saturated rings. The van der Waals surface area contributed by atoms with Gasteiger partial charge in [0.1, 0.15) is 0 Å². The third-order valence-corrected chi connectivity index (χ3v) is 5.43. The van der Waals surface area contributed by atoms with E-state index in [1.807, 2.05) is 43.5 Å². The second-order valence-corrected chi connectivity index (χ2v) is 7.14. The van der Waals surface area contributed by atoms with Gasteiger partial charge >= 0.3 is 0 Å². The van der Waals surface area contributed by atoms with Crippen LogP contribution in [0.4, 0.5) is 11.4 Å². The maximum Gasteiger partial charge on any atom is 0.241 e. The topological polar surface area (TPSA) is 35.6 Å². The Bertz CT molecular complexity index is 699. The van der Waals surface area contributed by atoms with Gasteiger partial charge in [-0.15, -0.1) is 11.8 Å². The van der Waals surface area contributed by atoms with Crippen LogP contribution in [0.2, 0.25) is 0 Å². The molecular formula is C20H25N3OS. The Kier molecular flexibility index (Phi) is 6.00. The summed E-state index contributed by atoms with van der Waals surface area (Å²) >= 11 is 1.68. The number of carbonyl (C=O) groups is 1. The molecule has 1 aliphatic rings. The monoisotopic (exact) mass is 355 g/mol. The number of amides is 1. The maximum absolute atomic E-state index is 12.6. The molecule has 132 valence electrons. The van der Waals surface area contributed by atoms with Gasteiger partial charge in [-0.05, 0) is 43.5 Å². The first-order chi connectivity index (χ1) is 12.2. The fourth-order valence-corrected chi connectivity index (χ4v) is 3.58. The van der Waals surface area contributed by atoms with Crippen molar-refractivity contribution >= 4 is 29.0 Å². The van der Waals surface area contributed by atoms with Crippen LogP contribution in [0, 0.1) is 0 Å². The van der Waals surface area contributed by atoms with Crippen LogP contribution in [0.3, 0.4) is 0 Å². The molecule has 0 aliphatic carbocycles. The highest BCUT2D eigenvalue weighted by Crippen LogP contribution is 2.20. The quantitative estimate of drug-likeness (QED) is 0.832. The highest BCUT2D eigenvalue weighted by atomic mass is 32.2. The van der Waals surface area contributed by atoms with E-state index in [1.54, 1.807) is 11.8 Å². The number of nitrogens with zero attached hydrogens (tertiary/aromatic N) is 2. The summed E-state index contributed by atoms with van der Waals surface area (Å²) in [5.41, 5.74) is 2.12. The van der Waals surface area contributed by atoms with Crippen molar-refractivity contribution in [3.8, 4) is 0 Å². The van der Waals surface area contributed by atoms with E-state index in [0.29, 0.717) is 0 Å². The first kappa shape index (κ1) is 17.8. The van der Waals surface area contributed by atoms with E-state index in [4.69, 9.17) is 0 Å². The molecule has 0 spiro atoms. The Morgan fingerprint density at radius 2 is 1.76 bits per heavy atom. The summed E-state index contributed by atoms with van der Waals surface area (Å²) in [6.07, 6.45) is 2.04. The van der Waals surface area contributed by atoms with Crippen LogP contribution in [0.15, 0.2) is 59.5 Å². The van der Waals surface area contributed by atoms with Crippen molar-refractivity contribution in [1.29, 1.82) is 0 Å². The summed E-state index contributed by atoms with van der Waals surface area (Å²) < 4.78 is 0. The molecule has 2 aromatic rings. The zero-order valence-electron chi connectivity index (χ0n) is 14.8. The molecular weight excluding hydrogens is 330 g/mol. The highest BCUT2D eigenvalue weighted by Gasteiger charge is 2.25. The van der Waals surface area contributed by atoms with E-state index in [0.717, 1.165) is 36.8 Å². The number of piperazine rings is 1. The van der Waals surface area contributed by atoms with Crippen molar-refractivity contribution in [2.75, 3.05) is 42.7 Å². The van der Waals surface area contributed by atoms with Gasteiger partial charge in [0.15, 0.2) is 0 Å². The van der Waals surface area contributed by atoms with E-state index in [2.05, 4.69) is 39.4 Å². The van der Waals surface area contributed by atoms with Gasteiger partial charge in [-0.1, -0.05) is 24.3 Å². The number of thioether (sulfide) groups is 1. The lowest BCUT2D eigenvalue weighted by molar-refractivity contribution is -0.120. The van der Waals surface area contributed by atoms with Gasteiger partial charge in [-0.3, -0.25) is 9.69 Å². The molecule has 25 heavy (non-hydrogen) atoms. The minimum Gasteiger partial charge on any atom is -0.369 e. The van der Waals surface area contributed by atoms with E-state index >= 15 is 0 Å². The predicted molar refractivity (Wildman–Crippen MR) is 107 cm³/mol. The molecule has 2 aromatic carbocycles. The smallest absolute Gasteiger partial charge is 0.241 e. The lowest BCUT2D eigenvalue weighted by Crippen LogP contribution is -2.52. The van der Waals surface area contributed by atoms with Crippen molar-refractivity contribution < 1.29 is 4.79 Å². The molecule has 0 radical (unpaired) electrons. The molecule has 0 bridgehead atoms. The summed E-state index contributed by atoms with van der Waals surface area (Å²) in [5.74, 6) is 0.0615. The number of hydrogen-bond donors (Lipinski definition) is 1. The van der Waals surface area contributed by atoms with Crippen LogP contribution in [0.25, 0.3) is 0 Å². The average molecular weight is 356 g/mol. The zero-order chi connectivity index (χ0) is 17.6. The number of para-hydroxylation sites is 1. The molecule has 1 saturated heterocycles. The molecule has 1 N–H and O–H groups in total. The maximum atomic E-state index is 12.6. The number of benzene rings is 2. The van der Waals surface area contributed by atoms with Gasteiger partial charge in [0, 0.05) is 42.4 Å². The van der Waals surface area contributed by atoms with E-state index < -0.39 is 0 Å². The molecule has 0 saturated carbocycles. The number of carbonyl (C=O) groups excluding carboxylic acids is 1. The predicted octanol–water partition coefficient (Wildman–Crippen LogP) is 3.56. The minimum absolute atomic E-state index is 0.0615. The SMILES string of the molecule is CSc1cccc(NC(=O)[C@@H](C)N2CCN(c3ccccc3)CC2)c1. The molecule has 1 heterocycles. The second kappa shape index (κ2) is 8.41. The summed E-state index contributed by atoms with van der Waals surface area (Å²) in [6.45, 7) is 5.68. The van der Waals surface area contributed by atoms with Gasteiger partial charge in [0.2, 0.25) is 5.91 Å². The van der Waals surface area contributed by atoms with E-state index in [-0.39, 0.29) is 11.9 Å². The Morgan fingerprint density at radius 3 is 2.44 bits per heavy atom. The van der Waals surface area contributed by atoms with E-state index in [1.165, 1.54) is 5.69 Å². The fraction of sp³-hybridized carbons (Fsp3) is 0.350. The molecule has 5 heteroatoms. The number of nitrogens with one attached hydrogen (secondary N) is 1.